The van der Waals surface area contributed by atoms with E-state index in [-0.39, 0.29) is 30.6 Å². The zero-order chi connectivity index (χ0) is 14.5. The number of anilines is 1. The molecule has 2 N–H and O–H groups in total. The molecule has 0 bridgehead atoms. The summed E-state index contributed by atoms with van der Waals surface area (Å²) in [5.74, 6) is -4.12. The molecule has 1 fully saturated rings. The van der Waals surface area contributed by atoms with Crippen molar-refractivity contribution >= 4 is 11.6 Å². The molecule has 2 rings (SSSR count). The first-order chi connectivity index (χ1) is 9.58. The Kier molecular flexibility index (Phi) is 4.87. The summed E-state index contributed by atoms with van der Waals surface area (Å²) in [6.45, 7) is 0.167. The first-order valence-electron chi connectivity index (χ1n) is 6.74. The van der Waals surface area contributed by atoms with Crippen molar-refractivity contribution in [1.29, 1.82) is 0 Å². The number of nitrogens with one attached hydrogen (secondary N) is 2. The molecule has 6 heteroatoms. The minimum Gasteiger partial charge on any atom is -0.382 e. The fourth-order valence-electron chi connectivity index (χ4n) is 2.34. The van der Waals surface area contributed by atoms with Crippen molar-refractivity contribution in [3.05, 3.63) is 29.6 Å². The zero-order valence-electron chi connectivity index (χ0n) is 11.0. The molecule has 0 radical (unpaired) electrons. The number of hydrogen-bond donors (Lipinski definition) is 2. The summed E-state index contributed by atoms with van der Waals surface area (Å²) >= 11 is 0. The van der Waals surface area contributed by atoms with Crippen LogP contribution in [-0.2, 0) is 4.79 Å². The Hall–Kier alpha value is -1.72. The normalized spacial score (nSPS) is 15.3. The topological polar surface area (TPSA) is 41.1 Å². The summed E-state index contributed by atoms with van der Waals surface area (Å²) in [4.78, 5) is 11.6. The number of rotatable bonds is 5. The molecule has 0 aromatic heterocycles. The third-order valence-corrected chi connectivity index (χ3v) is 3.42. The first kappa shape index (κ1) is 14.7. The maximum atomic E-state index is 13.3. The smallest absolute Gasteiger partial charge is 0.221 e. The summed E-state index contributed by atoms with van der Waals surface area (Å²) < 4.78 is 39.0. The molecule has 0 unspecified atom stereocenters. The van der Waals surface area contributed by atoms with Crippen LogP contribution in [0.4, 0.5) is 18.9 Å². The second-order valence-corrected chi connectivity index (χ2v) is 4.95. The van der Waals surface area contributed by atoms with Gasteiger partial charge in [-0.3, -0.25) is 4.79 Å². The van der Waals surface area contributed by atoms with Crippen LogP contribution in [-0.4, -0.2) is 18.5 Å². The van der Waals surface area contributed by atoms with Gasteiger partial charge in [0.2, 0.25) is 5.91 Å². The van der Waals surface area contributed by atoms with Crippen molar-refractivity contribution in [2.45, 2.75) is 38.1 Å². The SMILES string of the molecule is O=C(CCNc1ccc(F)c(F)c1F)NC1CCCC1. The summed E-state index contributed by atoms with van der Waals surface area (Å²) in [5.41, 5.74) is -0.141. The van der Waals surface area contributed by atoms with Gasteiger partial charge in [-0.05, 0) is 25.0 Å². The molecule has 20 heavy (non-hydrogen) atoms. The molecule has 3 nitrogen and oxygen atoms in total. The quantitative estimate of drug-likeness (QED) is 0.817. The van der Waals surface area contributed by atoms with E-state index in [0.717, 1.165) is 37.8 Å². The highest BCUT2D eigenvalue weighted by Gasteiger charge is 2.17. The number of benzene rings is 1. The van der Waals surface area contributed by atoms with Gasteiger partial charge in [0, 0.05) is 19.0 Å². The van der Waals surface area contributed by atoms with Gasteiger partial charge in [-0.2, -0.15) is 0 Å². The van der Waals surface area contributed by atoms with Crippen LogP contribution in [0.25, 0.3) is 0 Å². The molecule has 0 aliphatic heterocycles. The lowest BCUT2D eigenvalue weighted by atomic mass is 10.2. The molecule has 1 amide bonds. The van der Waals surface area contributed by atoms with Crippen molar-refractivity contribution in [2.75, 3.05) is 11.9 Å². The van der Waals surface area contributed by atoms with E-state index in [1.807, 2.05) is 0 Å². The van der Waals surface area contributed by atoms with Crippen LogP contribution >= 0.6 is 0 Å². The summed E-state index contributed by atoms with van der Waals surface area (Å²) in [6, 6.07) is 2.20. The van der Waals surface area contributed by atoms with Crippen molar-refractivity contribution in [1.82, 2.24) is 5.32 Å². The Balaban J connectivity index is 1.78. The minimum atomic E-state index is -1.51. The number of carbonyl (C=O) groups is 1. The van der Waals surface area contributed by atoms with Crippen molar-refractivity contribution in [3.63, 3.8) is 0 Å². The highest BCUT2D eigenvalue weighted by Crippen LogP contribution is 2.20. The van der Waals surface area contributed by atoms with Gasteiger partial charge in [0.15, 0.2) is 17.5 Å². The fourth-order valence-corrected chi connectivity index (χ4v) is 2.34. The third-order valence-electron chi connectivity index (χ3n) is 3.42. The monoisotopic (exact) mass is 286 g/mol. The highest BCUT2D eigenvalue weighted by molar-refractivity contribution is 5.76. The Labute approximate surface area is 115 Å². The summed E-state index contributed by atoms with van der Waals surface area (Å²) in [7, 11) is 0. The molecule has 0 spiro atoms. The van der Waals surface area contributed by atoms with E-state index in [2.05, 4.69) is 10.6 Å². The number of halogens is 3. The first-order valence-corrected chi connectivity index (χ1v) is 6.74. The van der Waals surface area contributed by atoms with E-state index < -0.39 is 17.5 Å². The molecule has 0 saturated heterocycles. The Morgan fingerprint density at radius 1 is 1.15 bits per heavy atom. The summed E-state index contributed by atoms with van der Waals surface area (Å²) in [6.07, 6.45) is 4.41. The van der Waals surface area contributed by atoms with Gasteiger partial charge in [0.1, 0.15) is 0 Å². The van der Waals surface area contributed by atoms with Gasteiger partial charge in [0.05, 0.1) is 5.69 Å². The number of amides is 1. The van der Waals surface area contributed by atoms with Crippen LogP contribution in [0.15, 0.2) is 12.1 Å². The minimum absolute atomic E-state index is 0.118. The van der Waals surface area contributed by atoms with Gasteiger partial charge in [-0.1, -0.05) is 12.8 Å². The predicted octanol–water partition coefficient (Wildman–Crippen LogP) is 2.96. The Bertz CT molecular complexity index is 488. The van der Waals surface area contributed by atoms with Crippen molar-refractivity contribution < 1.29 is 18.0 Å². The van der Waals surface area contributed by atoms with Crippen LogP contribution in [0.1, 0.15) is 32.1 Å². The maximum absolute atomic E-state index is 13.3. The van der Waals surface area contributed by atoms with Gasteiger partial charge < -0.3 is 10.6 Å². The molecule has 0 atom stereocenters. The van der Waals surface area contributed by atoms with Gasteiger partial charge in [-0.15, -0.1) is 0 Å². The van der Waals surface area contributed by atoms with E-state index in [1.165, 1.54) is 0 Å². The molecule has 1 aromatic rings. The van der Waals surface area contributed by atoms with E-state index in [9.17, 15) is 18.0 Å². The van der Waals surface area contributed by atoms with E-state index in [4.69, 9.17) is 0 Å². The highest BCUT2D eigenvalue weighted by atomic mass is 19.2. The number of carbonyl (C=O) groups excluding carboxylic acids is 1. The second kappa shape index (κ2) is 6.63. The predicted molar refractivity (Wildman–Crippen MR) is 69.8 cm³/mol. The Morgan fingerprint density at radius 3 is 2.55 bits per heavy atom. The molecular formula is C14H17F3N2O. The molecule has 110 valence electrons. The second-order valence-electron chi connectivity index (χ2n) is 4.95. The van der Waals surface area contributed by atoms with Gasteiger partial charge in [-0.25, -0.2) is 13.2 Å². The average molecular weight is 286 g/mol. The maximum Gasteiger partial charge on any atom is 0.221 e. The molecule has 1 aliphatic rings. The fraction of sp³-hybridized carbons (Fsp3) is 0.500. The lowest BCUT2D eigenvalue weighted by Crippen LogP contribution is -2.33. The molecule has 1 aliphatic carbocycles. The van der Waals surface area contributed by atoms with E-state index >= 15 is 0 Å². The molecule has 1 saturated carbocycles. The zero-order valence-corrected chi connectivity index (χ0v) is 11.0. The lowest BCUT2D eigenvalue weighted by molar-refractivity contribution is -0.121. The Morgan fingerprint density at radius 2 is 1.85 bits per heavy atom. The van der Waals surface area contributed by atoms with Crippen LogP contribution in [0.3, 0.4) is 0 Å². The molecule has 1 aromatic carbocycles. The lowest BCUT2D eigenvalue weighted by Gasteiger charge is -2.12. The molecule has 0 heterocycles. The van der Waals surface area contributed by atoms with E-state index in [1.54, 1.807) is 0 Å². The van der Waals surface area contributed by atoms with Crippen LogP contribution in [0.2, 0.25) is 0 Å². The van der Waals surface area contributed by atoms with Gasteiger partial charge >= 0.3 is 0 Å². The van der Waals surface area contributed by atoms with Gasteiger partial charge in [0.25, 0.3) is 0 Å². The van der Waals surface area contributed by atoms with E-state index in [0.29, 0.717) is 0 Å². The largest absolute Gasteiger partial charge is 0.382 e. The van der Waals surface area contributed by atoms with Crippen molar-refractivity contribution in [3.8, 4) is 0 Å². The van der Waals surface area contributed by atoms with Crippen LogP contribution in [0.5, 0.6) is 0 Å². The third kappa shape index (κ3) is 3.65. The molecular weight excluding hydrogens is 269 g/mol. The summed E-state index contributed by atoms with van der Waals surface area (Å²) in [5, 5.41) is 5.49. The van der Waals surface area contributed by atoms with Crippen LogP contribution < -0.4 is 10.6 Å². The van der Waals surface area contributed by atoms with Crippen LogP contribution in [0, 0.1) is 17.5 Å². The average Bonchev–Trinajstić information content (AvgIpc) is 2.91. The standard InChI is InChI=1S/C14H17F3N2O/c15-10-5-6-11(14(17)13(10)16)18-8-7-12(20)19-9-3-1-2-4-9/h5-6,9,18H,1-4,7-8H2,(H,19,20). The number of hydrogen-bond acceptors (Lipinski definition) is 2. The van der Waals surface area contributed by atoms with Crippen molar-refractivity contribution in [2.24, 2.45) is 0 Å².